The predicted octanol–water partition coefficient (Wildman–Crippen LogP) is 2.32. The smallest absolute Gasteiger partial charge is 0.319 e. The molecule has 3 rings (SSSR count). The maximum Gasteiger partial charge on any atom is 0.319 e. The normalized spacial score (nSPS) is 20.7. The van der Waals surface area contributed by atoms with Crippen LogP contribution >= 0.6 is 11.8 Å². The van der Waals surface area contributed by atoms with E-state index in [-0.39, 0.29) is 12.1 Å². The first-order chi connectivity index (χ1) is 11.8. The molecule has 0 spiro atoms. The van der Waals surface area contributed by atoms with Gasteiger partial charge in [0.1, 0.15) is 0 Å². The second-order valence-corrected chi connectivity index (χ2v) is 7.76. The average Bonchev–Trinajstić information content (AvgIpc) is 2.63. The predicted molar refractivity (Wildman–Crippen MR) is 102 cm³/mol. The second-order valence-electron chi connectivity index (χ2n) is 6.53. The number of benzene rings is 1. The molecule has 0 radical (unpaired) electrons. The van der Waals surface area contributed by atoms with Crippen LogP contribution in [0.2, 0.25) is 0 Å². The van der Waals surface area contributed by atoms with Gasteiger partial charge in [0.05, 0.1) is 0 Å². The molecule has 2 aliphatic heterocycles. The van der Waals surface area contributed by atoms with Crippen LogP contribution in [0.1, 0.15) is 12.8 Å². The van der Waals surface area contributed by atoms with Crippen LogP contribution in [-0.2, 0) is 0 Å². The van der Waals surface area contributed by atoms with E-state index in [2.05, 4.69) is 32.2 Å². The minimum absolute atomic E-state index is 0.0922. The molecule has 0 atom stereocenters. The molecule has 1 aromatic carbocycles. The van der Waals surface area contributed by atoms with E-state index < -0.39 is 0 Å². The highest BCUT2D eigenvalue weighted by molar-refractivity contribution is 7.99. The van der Waals surface area contributed by atoms with Gasteiger partial charge in [0, 0.05) is 62.5 Å². The molecule has 2 heterocycles. The van der Waals surface area contributed by atoms with Gasteiger partial charge in [0.25, 0.3) is 0 Å². The van der Waals surface area contributed by atoms with Gasteiger partial charge in [-0.1, -0.05) is 18.2 Å². The number of carbonyl (C=O) groups excluding carboxylic acids is 1. The number of thioether (sulfide) groups is 1. The largest absolute Gasteiger partial charge is 0.335 e. The summed E-state index contributed by atoms with van der Waals surface area (Å²) in [7, 11) is 0. The fraction of sp³-hybridized carbons (Fsp3) is 0.611. The summed E-state index contributed by atoms with van der Waals surface area (Å²) in [6.45, 7) is 6.99. The van der Waals surface area contributed by atoms with Crippen LogP contribution in [0.25, 0.3) is 0 Å². The summed E-state index contributed by atoms with van der Waals surface area (Å²) in [4.78, 5) is 17.2. The molecule has 2 N–H and O–H groups in total. The Labute approximate surface area is 149 Å². The van der Waals surface area contributed by atoms with E-state index in [0.717, 1.165) is 38.2 Å². The second kappa shape index (κ2) is 9.30. The third kappa shape index (κ3) is 5.69. The van der Waals surface area contributed by atoms with Crippen molar-refractivity contribution in [3.05, 3.63) is 30.3 Å². The molecule has 24 heavy (non-hydrogen) atoms. The summed E-state index contributed by atoms with van der Waals surface area (Å²) in [6.07, 6.45) is 2.08. The molecule has 0 aromatic heterocycles. The molecule has 1 aromatic rings. The molecular formula is C18H28N4OS. The van der Waals surface area contributed by atoms with E-state index in [4.69, 9.17) is 0 Å². The van der Waals surface area contributed by atoms with Gasteiger partial charge in [-0.3, -0.25) is 0 Å². The lowest BCUT2D eigenvalue weighted by Gasteiger charge is -2.34. The molecule has 132 valence electrons. The molecule has 2 aliphatic rings. The van der Waals surface area contributed by atoms with E-state index in [1.165, 1.54) is 31.1 Å². The molecule has 0 saturated carbocycles. The van der Waals surface area contributed by atoms with Crippen molar-refractivity contribution in [2.75, 3.05) is 56.1 Å². The summed E-state index contributed by atoms with van der Waals surface area (Å²) in [5.41, 5.74) is 0.840. The first-order valence-electron chi connectivity index (χ1n) is 8.94. The first kappa shape index (κ1) is 17.6. The van der Waals surface area contributed by atoms with Gasteiger partial charge >= 0.3 is 6.03 Å². The molecule has 2 amide bonds. The van der Waals surface area contributed by atoms with Crippen molar-refractivity contribution in [2.45, 2.75) is 18.9 Å². The number of rotatable bonds is 5. The number of para-hydroxylation sites is 1. The fourth-order valence-electron chi connectivity index (χ4n) is 3.28. The molecule has 5 nitrogen and oxygen atoms in total. The third-order valence-electron chi connectivity index (χ3n) is 4.79. The van der Waals surface area contributed by atoms with Gasteiger partial charge in [-0.25, -0.2) is 4.79 Å². The Hall–Kier alpha value is -1.24. The number of urea groups is 1. The van der Waals surface area contributed by atoms with E-state index in [9.17, 15) is 4.79 Å². The summed E-state index contributed by atoms with van der Waals surface area (Å²) >= 11 is 2.07. The molecule has 2 saturated heterocycles. The van der Waals surface area contributed by atoms with Crippen molar-refractivity contribution in [2.24, 2.45) is 0 Å². The zero-order valence-electron chi connectivity index (χ0n) is 14.2. The number of amides is 2. The van der Waals surface area contributed by atoms with E-state index >= 15 is 0 Å². The number of hydrogen-bond acceptors (Lipinski definition) is 4. The van der Waals surface area contributed by atoms with Crippen LogP contribution in [0, 0.1) is 0 Å². The van der Waals surface area contributed by atoms with Gasteiger partial charge in [-0.2, -0.15) is 11.8 Å². The van der Waals surface area contributed by atoms with E-state index in [1.807, 2.05) is 30.3 Å². The van der Waals surface area contributed by atoms with Crippen LogP contribution in [-0.4, -0.2) is 72.6 Å². The van der Waals surface area contributed by atoms with Crippen LogP contribution in [0.15, 0.2) is 30.3 Å². The first-order valence-corrected chi connectivity index (χ1v) is 10.1. The lowest BCUT2D eigenvalue weighted by atomic mass is 10.1. The Kier molecular flexibility index (Phi) is 6.81. The molecule has 0 unspecified atom stereocenters. The Balaban J connectivity index is 1.32. The summed E-state index contributed by atoms with van der Waals surface area (Å²) in [6, 6.07) is 9.80. The maximum absolute atomic E-state index is 12.0. The summed E-state index contributed by atoms with van der Waals surface area (Å²) in [5, 5.41) is 6.00. The number of hydrogen-bond donors (Lipinski definition) is 2. The van der Waals surface area contributed by atoms with Crippen LogP contribution in [0.3, 0.4) is 0 Å². The average molecular weight is 349 g/mol. The van der Waals surface area contributed by atoms with Crippen LogP contribution in [0.5, 0.6) is 0 Å². The zero-order chi connectivity index (χ0) is 16.6. The lowest BCUT2D eigenvalue weighted by molar-refractivity contribution is 0.170. The molecule has 0 aliphatic carbocycles. The number of likely N-dealkylation sites (tertiary alicyclic amines) is 1. The van der Waals surface area contributed by atoms with Crippen molar-refractivity contribution in [3.8, 4) is 0 Å². The van der Waals surface area contributed by atoms with Gasteiger partial charge in [0.15, 0.2) is 0 Å². The highest BCUT2D eigenvalue weighted by Gasteiger charge is 2.21. The van der Waals surface area contributed by atoms with Crippen molar-refractivity contribution in [1.82, 2.24) is 15.1 Å². The highest BCUT2D eigenvalue weighted by Crippen LogP contribution is 2.13. The van der Waals surface area contributed by atoms with Gasteiger partial charge in [-0.15, -0.1) is 0 Å². The Morgan fingerprint density at radius 1 is 1.00 bits per heavy atom. The SMILES string of the molecule is O=C(Nc1ccccc1)NC1CCN(CCN2CCSCC2)CC1. The van der Waals surface area contributed by atoms with Crippen molar-refractivity contribution in [1.29, 1.82) is 0 Å². The number of carbonyl (C=O) groups is 1. The van der Waals surface area contributed by atoms with E-state index in [1.54, 1.807) is 0 Å². The standard InChI is InChI=1S/C18H28N4OS/c23-18(19-16-4-2-1-3-5-16)20-17-6-8-21(9-7-17)10-11-22-12-14-24-15-13-22/h1-5,17H,6-15H2,(H2,19,20,23). The number of piperidine rings is 1. The molecule has 0 bridgehead atoms. The molecular weight excluding hydrogens is 320 g/mol. The number of nitrogens with one attached hydrogen (secondary N) is 2. The third-order valence-corrected chi connectivity index (χ3v) is 5.73. The zero-order valence-corrected chi connectivity index (χ0v) is 15.1. The quantitative estimate of drug-likeness (QED) is 0.857. The number of anilines is 1. The van der Waals surface area contributed by atoms with Gasteiger partial charge in [-0.05, 0) is 25.0 Å². The lowest BCUT2D eigenvalue weighted by Crippen LogP contribution is -2.48. The van der Waals surface area contributed by atoms with Gasteiger partial charge < -0.3 is 20.4 Å². The Morgan fingerprint density at radius 2 is 1.62 bits per heavy atom. The topological polar surface area (TPSA) is 47.6 Å². The van der Waals surface area contributed by atoms with Crippen molar-refractivity contribution >= 4 is 23.5 Å². The van der Waals surface area contributed by atoms with Crippen molar-refractivity contribution in [3.63, 3.8) is 0 Å². The molecule has 2 fully saturated rings. The monoisotopic (exact) mass is 348 g/mol. The van der Waals surface area contributed by atoms with Crippen LogP contribution < -0.4 is 10.6 Å². The highest BCUT2D eigenvalue weighted by atomic mass is 32.2. The van der Waals surface area contributed by atoms with Crippen LogP contribution in [0.4, 0.5) is 10.5 Å². The Morgan fingerprint density at radius 3 is 2.29 bits per heavy atom. The summed E-state index contributed by atoms with van der Waals surface area (Å²) < 4.78 is 0. The summed E-state index contributed by atoms with van der Waals surface area (Å²) in [5.74, 6) is 2.56. The van der Waals surface area contributed by atoms with Crippen molar-refractivity contribution < 1.29 is 4.79 Å². The Bertz CT molecular complexity index is 499. The maximum atomic E-state index is 12.0. The minimum Gasteiger partial charge on any atom is -0.335 e. The molecule has 6 heteroatoms. The van der Waals surface area contributed by atoms with E-state index in [0.29, 0.717) is 0 Å². The minimum atomic E-state index is -0.0922. The fourth-order valence-corrected chi connectivity index (χ4v) is 4.26. The van der Waals surface area contributed by atoms with Gasteiger partial charge in [0.2, 0.25) is 0 Å². The number of nitrogens with zero attached hydrogens (tertiary/aromatic N) is 2.